The highest BCUT2D eigenvalue weighted by Crippen LogP contribution is 2.30. The van der Waals surface area contributed by atoms with Crippen molar-refractivity contribution in [1.82, 2.24) is 15.5 Å². The number of likely N-dealkylation sites (N-methyl/N-ethyl adjacent to an activating group) is 1. The summed E-state index contributed by atoms with van der Waals surface area (Å²) in [6.07, 6.45) is 7.39. The van der Waals surface area contributed by atoms with Crippen molar-refractivity contribution >= 4 is 17.6 Å². The van der Waals surface area contributed by atoms with E-state index < -0.39 is 0 Å². The number of nitrogens with zero attached hydrogens (tertiary/aromatic N) is 1. The Balaban J connectivity index is 1.82. The lowest BCUT2D eigenvalue weighted by molar-refractivity contribution is 0.128. The third-order valence-electron chi connectivity index (χ3n) is 4.93. The Morgan fingerprint density at radius 3 is 2.26 bits per heavy atom. The van der Waals surface area contributed by atoms with Crippen molar-refractivity contribution in [2.45, 2.75) is 50.6 Å². The molecule has 0 atom stereocenters. The first-order chi connectivity index (χ1) is 11.0. The Morgan fingerprint density at radius 1 is 1.09 bits per heavy atom. The lowest BCUT2D eigenvalue weighted by atomic mass is 9.89. The number of carbonyl (C=O) groups is 1. The SMILES string of the molecule is CN(C)C1(CNC(=O)NCc2ccc(Cl)cc2)CCCCCC1. The third kappa shape index (κ3) is 5.40. The van der Waals surface area contributed by atoms with Gasteiger partial charge in [0.15, 0.2) is 0 Å². The summed E-state index contributed by atoms with van der Waals surface area (Å²) in [6.45, 7) is 1.21. The molecule has 0 saturated heterocycles. The molecule has 1 fully saturated rings. The summed E-state index contributed by atoms with van der Waals surface area (Å²) in [6, 6.07) is 7.42. The molecular formula is C18H28ClN3O. The normalized spacial score (nSPS) is 17.6. The van der Waals surface area contributed by atoms with Crippen LogP contribution in [0, 0.1) is 0 Å². The minimum atomic E-state index is -0.106. The summed E-state index contributed by atoms with van der Waals surface area (Å²) in [5.41, 5.74) is 1.13. The maximum atomic E-state index is 12.1. The van der Waals surface area contributed by atoms with Gasteiger partial charge in [-0.15, -0.1) is 0 Å². The smallest absolute Gasteiger partial charge is 0.315 e. The number of benzene rings is 1. The molecule has 0 spiro atoms. The molecule has 2 amide bonds. The van der Waals surface area contributed by atoms with Crippen molar-refractivity contribution in [1.29, 1.82) is 0 Å². The van der Waals surface area contributed by atoms with Gasteiger partial charge in [0.2, 0.25) is 0 Å². The van der Waals surface area contributed by atoms with E-state index in [-0.39, 0.29) is 11.6 Å². The minimum absolute atomic E-state index is 0.0914. The Hall–Kier alpha value is -1.26. The monoisotopic (exact) mass is 337 g/mol. The van der Waals surface area contributed by atoms with Gasteiger partial charge in [0.05, 0.1) is 0 Å². The molecule has 0 aromatic heterocycles. The fourth-order valence-corrected chi connectivity index (χ4v) is 3.39. The van der Waals surface area contributed by atoms with Crippen LogP contribution in [0.25, 0.3) is 0 Å². The van der Waals surface area contributed by atoms with E-state index in [1.807, 2.05) is 24.3 Å². The van der Waals surface area contributed by atoms with Gasteiger partial charge in [0, 0.05) is 23.7 Å². The highest BCUT2D eigenvalue weighted by molar-refractivity contribution is 6.30. The molecule has 1 aromatic rings. The summed E-state index contributed by atoms with van der Waals surface area (Å²) in [4.78, 5) is 14.4. The lowest BCUT2D eigenvalue weighted by Gasteiger charge is -2.39. The number of hydrogen-bond donors (Lipinski definition) is 2. The molecule has 2 rings (SSSR count). The maximum absolute atomic E-state index is 12.1. The van der Waals surface area contributed by atoms with Crippen LogP contribution in [0.1, 0.15) is 44.1 Å². The van der Waals surface area contributed by atoms with Gasteiger partial charge in [-0.25, -0.2) is 4.79 Å². The van der Waals surface area contributed by atoms with Crippen LogP contribution in [0.15, 0.2) is 24.3 Å². The van der Waals surface area contributed by atoms with Crippen molar-refractivity contribution in [3.8, 4) is 0 Å². The molecule has 1 aliphatic carbocycles. The molecule has 0 radical (unpaired) electrons. The second-order valence-electron chi connectivity index (χ2n) is 6.70. The van der Waals surface area contributed by atoms with E-state index in [9.17, 15) is 4.79 Å². The molecular weight excluding hydrogens is 310 g/mol. The van der Waals surface area contributed by atoms with Crippen LogP contribution in [0.2, 0.25) is 5.02 Å². The molecule has 0 bridgehead atoms. The van der Waals surface area contributed by atoms with E-state index in [1.54, 1.807) is 0 Å². The molecule has 23 heavy (non-hydrogen) atoms. The number of amides is 2. The van der Waals surface area contributed by atoms with Crippen LogP contribution in [-0.4, -0.2) is 37.1 Å². The lowest BCUT2D eigenvalue weighted by Crippen LogP contribution is -2.53. The summed E-state index contributed by atoms with van der Waals surface area (Å²) in [5.74, 6) is 0. The summed E-state index contributed by atoms with van der Waals surface area (Å²) in [7, 11) is 4.25. The topological polar surface area (TPSA) is 44.4 Å². The van der Waals surface area contributed by atoms with E-state index >= 15 is 0 Å². The van der Waals surface area contributed by atoms with Crippen molar-refractivity contribution in [2.24, 2.45) is 0 Å². The van der Waals surface area contributed by atoms with Crippen LogP contribution in [0.5, 0.6) is 0 Å². The van der Waals surface area contributed by atoms with Crippen molar-refractivity contribution < 1.29 is 4.79 Å². The van der Waals surface area contributed by atoms with Crippen molar-refractivity contribution in [3.05, 3.63) is 34.9 Å². The second kappa shape index (κ2) is 8.55. The van der Waals surface area contributed by atoms with E-state index in [1.165, 1.54) is 25.7 Å². The number of urea groups is 1. The summed E-state index contributed by atoms with van der Waals surface area (Å²) in [5, 5.41) is 6.69. The fourth-order valence-electron chi connectivity index (χ4n) is 3.26. The summed E-state index contributed by atoms with van der Waals surface area (Å²) >= 11 is 5.86. The standard InChI is InChI=1S/C18H28ClN3O/c1-22(2)18(11-5-3-4-6-12-18)14-21-17(23)20-13-15-7-9-16(19)10-8-15/h7-10H,3-6,11-14H2,1-2H3,(H2,20,21,23). The summed E-state index contributed by atoms with van der Waals surface area (Å²) < 4.78 is 0. The molecule has 128 valence electrons. The van der Waals surface area contributed by atoms with Gasteiger partial charge in [0.25, 0.3) is 0 Å². The van der Waals surface area contributed by atoms with Gasteiger partial charge < -0.3 is 15.5 Å². The first kappa shape index (κ1) is 18.1. The van der Waals surface area contributed by atoms with E-state index in [0.29, 0.717) is 18.1 Å². The van der Waals surface area contributed by atoms with Gasteiger partial charge in [-0.05, 0) is 44.6 Å². The predicted molar refractivity (Wildman–Crippen MR) is 95.8 cm³/mol. The molecule has 0 heterocycles. The van der Waals surface area contributed by atoms with Gasteiger partial charge in [-0.2, -0.15) is 0 Å². The molecule has 0 aliphatic heterocycles. The average molecular weight is 338 g/mol. The number of nitrogens with one attached hydrogen (secondary N) is 2. The molecule has 1 saturated carbocycles. The van der Waals surface area contributed by atoms with Gasteiger partial charge in [-0.1, -0.05) is 49.4 Å². The van der Waals surface area contributed by atoms with E-state index in [0.717, 1.165) is 18.4 Å². The Kier molecular flexibility index (Phi) is 6.72. The number of hydrogen-bond acceptors (Lipinski definition) is 2. The quantitative estimate of drug-likeness (QED) is 0.803. The third-order valence-corrected chi connectivity index (χ3v) is 5.18. The number of carbonyl (C=O) groups excluding carboxylic acids is 1. The zero-order valence-electron chi connectivity index (χ0n) is 14.2. The Labute approximate surface area is 144 Å². The van der Waals surface area contributed by atoms with Crippen molar-refractivity contribution in [2.75, 3.05) is 20.6 Å². The fraction of sp³-hybridized carbons (Fsp3) is 0.611. The minimum Gasteiger partial charge on any atom is -0.336 e. The number of halogens is 1. The molecule has 4 nitrogen and oxygen atoms in total. The van der Waals surface area contributed by atoms with Gasteiger partial charge >= 0.3 is 6.03 Å². The molecule has 5 heteroatoms. The highest BCUT2D eigenvalue weighted by Gasteiger charge is 2.33. The predicted octanol–water partition coefficient (Wildman–Crippen LogP) is 3.79. The second-order valence-corrected chi connectivity index (χ2v) is 7.13. The number of rotatable bonds is 5. The van der Waals surface area contributed by atoms with Gasteiger partial charge in [0.1, 0.15) is 0 Å². The average Bonchev–Trinajstić information content (AvgIpc) is 2.79. The van der Waals surface area contributed by atoms with E-state index in [2.05, 4.69) is 29.6 Å². The largest absolute Gasteiger partial charge is 0.336 e. The maximum Gasteiger partial charge on any atom is 0.315 e. The van der Waals surface area contributed by atoms with E-state index in [4.69, 9.17) is 11.6 Å². The van der Waals surface area contributed by atoms with Crippen LogP contribution < -0.4 is 10.6 Å². The zero-order chi connectivity index (χ0) is 16.7. The van der Waals surface area contributed by atoms with Gasteiger partial charge in [-0.3, -0.25) is 0 Å². The Bertz CT molecular complexity index is 493. The first-order valence-electron chi connectivity index (χ1n) is 8.45. The van der Waals surface area contributed by atoms with Crippen molar-refractivity contribution in [3.63, 3.8) is 0 Å². The van der Waals surface area contributed by atoms with Crippen LogP contribution in [0.3, 0.4) is 0 Å². The molecule has 2 N–H and O–H groups in total. The van der Waals surface area contributed by atoms with Crippen LogP contribution >= 0.6 is 11.6 Å². The first-order valence-corrected chi connectivity index (χ1v) is 8.83. The molecule has 1 aliphatic rings. The van der Waals surface area contributed by atoms with Crippen LogP contribution in [-0.2, 0) is 6.54 Å². The Morgan fingerprint density at radius 2 is 1.70 bits per heavy atom. The molecule has 1 aromatic carbocycles. The van der Waals surface area contributed by atoms with Crippen LogP contribution in [0.4, 0.5) is 4.79 Å². The zero-order valence-corrected chi connectivity index (χ0v) is 15.0. The highest BCUT2D eigenvalue weighted by atomic mass is 35.5. The molecule has 0 unspecified atom stereocenters.